The number of rotatable bonds is 11. The number of unbranched alkanes of at least 4 members (excludes halogenated alkanes) is 1. The topological polar surface area (TPSA) is 168 Å². The first-order valence-corrected chi connectivity index (χ1v) is 12.9. The van der Waals surface area contributed by atoms with Crippen LogP contribution in [0.3, 0.4) is 0 Å². The van der Waals surface area contributed by atoms with Crippen LogP contribution in [0.2, 0.25) is 0 Å². The van der Waals surface area contributed by atoms with Crippen molar-refractivity contribution in [3.8, 4) is 0 Å². The number of hydrogen-bond acceptors (Lipinski definition) is 8. The van der Waals surface area contributed by atoms with E-state index in [0.717, 1.165) is 4.90 Å². The molecule has 0 radical (unpaired) electrons. The number of carboxylic acid groups (broad SMARTS) is 1. The largest absolute Gasteiger partial charge is 0.480 e. The van der Waals surface area contributed by atoms with Crippen LogP contribution in [-0.4, -0.2) is 91.7 Å². The molecule has 0 saturated carbocycles. The summed E-state index contributed by atoms with van der Waals surface area (Å²) >= 11 is 5.20. The minimum absolute atomic E-state index is 0.0347. The van der Waals surface area contributed by atoms with E-state index in [1.54, 1.807) is 12.1 Å². The number of hydrogen-bond donors (Lipinski definition) is 4. The van der Waals surface area contributed by atoms with Crippen molar-refractivity contribution in [3.63, 3.8) is 0 Å². The second-order valence-electron chi connectivity index (χ2n) is 7.87. The lowest BCUT2D eigenvalue weighted by atomic mass is 10.0. The number of aliphatic carboxylic acids is 1. The summed E-state index contributed by atoms with van der Waals surface area (Å²) in [5, 5.41) is 12.3. The summed E-state index contributed by atoms with van der Waals surface area (Å²) < 4.78 is 32.1. The maximum Gasteiger partial charge on any atom is 0.326 e. The lowest BCUT2D eigenvalue weighted by Crippen LogP contribution is -2.57. The SMILES string of the molecule is CNC(=S)N(C(=O)[C@@H](N)Cc1ccc(S(=O)(=O)N2CCOCC2)cc1)[C@@H](CCCCN)C(=O)O. The Morgan fingerprint density at radius 3 is 2.38 bits per heavy atom. The first-order valence-electron chi connectivity index (χ1n) is 11.0. The Kier molecular flexibility index (Phi) is 10.8. The van der Waals surface area contributed by atoms with Crippen molar-refractivity contribution < 1.29 is 27.9 Å². The number of benzene rings is 1. The quantitative estimate of drug-likeness (QED) is 0.222. The van der Waals surface area contributed by atoms with Crippen LogP contribution in [-0.2, 0) is 30.8 Å². The molecule has 6 N–H and O–H groups in total. The summed E-state index contributed by atoms with van der Waals surface area (Å²) in [6.45, 7) is 1.69. The summed E-state index contributed by atoms with van der Waals surface area (Å²) in [5.41, 5.74) is 12.3. The number of nitrogens with one attached hydrogen (secondary N) is 1. The zero-order valence-electron chi connectivity index (χ0n) is 19.2. The fourth-order valence-electron chi connectivity index (χ4n) is 3.61. The summed E-state index contributed by atoms with van der Waals surface area (Å²) in [4.78, 5) is 26.2. The molecular weight excluding hydrogens is 482 g/mol. The second kappa shape index (κ2) is 13.1. The van der Waals surface area contributed by atoms with E-state index in [4.69, 9.17) is 28.4 Å². The third kappa shape index (κ3) is 7.17. The maximum absolute atomic E-state index is 13.1. The molecule has 0 bridgehead atoms. The van der Waals surface area contributed by atoms with Crippen LogP contribution in [0, 0.1) is 0 Å². The minimum atomic E-state index is -3.64. The highest BCUT2D eigenvalue weighted by atomic mass is 32.2. The fourth-order valence-corrected chi connectivity index (χ4v) is 5.24. The third-order valence-corrected chi connectivity index (χ3v) is 7.82. The van der Waals surface area contributed by atoms with Crippen molar-refractivity contribution in [2.24, 2.45) is 11.5 Å². The Labute approximate surface area is 205 Å². The molecule has 1 aliphatic heterocycles. The van der Waals surface area contributed by atoms with E-state index in [-0.39, 0.29) is 22.8 Å². The Hall–Kier alpha value is -2.16. The second-order valence-corrected chi connectivity index (χ2v) is 10.2. The molecule has 1 saturated heterocycles. The van der Waals surface area contributed by atoms with Crippen molar-refractivity contribution in [1.82, 2.24) is 14.5 Å². The van der Waals surface area contributed by atoms with Gasteiger partial charge in [-0.1, -0.05) is 12.1 Å². The molecule has 0 spiro atoms. The van der Waals surface area contributed by atoms with Crippen LogP contribution in [0.15, 0.2) is 29.2 Å². The van der Waals surface area contributed by atoms with Gasteiger partial charge in [-0.25, -0.2) is 13.2 Å². The van der Waals surface area contributed by atoms with Gasteiger partial charge in [0.2, 0.25) is 15.9 Å². The van der Waals surface area contributed by atoms with Crippen LogP contribution < -0.4 is 16.8 Å². The molecule has 190 valence electrons. The summed E-state index contributed by atoms with van der Waals surface area (Å²) in [7, 11) is -2.14. The number of carbonyl (C=O) groups excluding carboxylic acids is 1. The molecule has 1 aliphatic rings. The van der Waals surface area contributed by atoms with Gasteiger partial charge in [-0.05, 0) is 62.1 Å². The predicted molar refractivity (Wildman–Crippen MR) is 131 cm³/mol. The number of ether oxygens (including phenoxy) is 1. The zero-order valence-corrected chi connectivity index (χ0v) is 20.8. The molecule has 0 aliphatic carbocycles. The van der Waals surface area contributed by atoms with Crippen molar-refractivity contribution in [1.29, 1.82) is 0 Å². The zero-order chi connectivity index (χ0) is 25.3. The van der Waals surface area contributed by atoms with Crippen LogP contribution >= 0.6 is 12.2 Å². The van der Waals surface area contributed by atoms with E-state index >= 15 is 0 Å². The summed E-state index contributed by atoms with van der Waals surface area (Å²) in [5.74, 6) is -1.82. The van der Waals surface area contributed by atoms with Gasteiger partial charge in [-0.3, -0.25) is 9.69 Å². The van der Waals surface area contributed by atoms with Crippen molar-refractivity contribution in [3.05, 3.63) is 29.8 Å². The van der Waals surface area contributed by atoms with Gasteiger partial charge in [0.25, 0.3) is 0 Å². The van der Waals surface area contributed by atoms with Crippen molar-refractivity contribution >= 4 is 39.2 Å². The number of sulfonamides is 1. The highest BCUT2D eigenvalue weighted by molar-refractivity contribution is 7.89. The molecule has 0 aromatic heterocycles. The molecule has 34 heavy (non-hydrogen) atoms. The Morgan fingerprint density at radius 1 is 1.24 bits per heavy atom. The van der Waals surface area contributed by atoms with Crippen molar-refractivity contribution in [2.75, 3.05) is 39.9 Å². The average molecular weight is 516 g/mol. The highest BCUT2D eigenvalue weighted by Crippen LogP contribution is 2.19. The molecule has 2 atom stereocenters. The number of carboxylic acids is 1. The first-order chi connectivity index (χ1) is 16.1. The lowest BCUT2D eigenvalue weighted by Gasteiger charge is -2.31. The number of morpholine rings is 1. The van der Waals surface area contributed by atoms with Crippen LogP contribution in [0.5, 0.6) is 0 Å². The third-order valence-electron chi connectivity index (χ3n) is 5.50. The Bertz CT molecular complexity index is 951. The fraction of sp³-hybridized carbons (Fsp3) is 0.571. The predicted octanol–water partition coefficient (Wildman–Crippen LogP) is -0.508. The van der Waals surface area contributed by atoms with Gasteiger partial charge < -0.3 is 26.6 Å². The number of nitrogens with two attached hydrogens (primary N) is 2. The smallest absolute Gasteiger partial charge is 0.326 e. The number of nitrogens with zero attached hydrogens (tertiary/aromatic N) is 2. The molecule has 1 heterocycles. The number of amides is 1. The van der Waals surface area contributed by atoms with Gasteiger partial charge in [0, 0.05) is 20.1 Å². The molecule has 1 aromatic rings. The normalized spacial score (nSPS) is 16.4. The first kappa shape index (κ1) is 28.1. The monoisotopic (exact) mass is 515 g/mol. The van der Waals surface area contributed by atoms with E-state index in [9.17, 15) is 23.1 Å². The molecule has 13 heteroatoms. The van der Waals surface area contributed by atoms with Crippen LogP contribution in [0.1, 0.15) is 24.8 Å². The van der Waals surface area contributed by atoms with E-state index in [0.29, 0.717) is 51.3 Å². The average Bonchev–Trinajstić information content (AvgIpc) is 2.83. The molecule has 11 nitrogen and oxygen atoms in total. The highest BCUT2D eigenvalue weighted by Gasteiger charge is 2.35. The summed E-state index contributed by atoms with van der Waals surface area (Å²) in [6.07, 6.45) is 1.39. The maximum atomic E-state index is 13.1. The Balaban J connectivity index is 2.15. The number of carbonyl (C=O) groups is 2. The van der Waals surface area contributed by atoms with Gasteiger partial charge in [0.1, 0.15) is 6.04 Å². The van der Waals surface area contributed by atoms with Gasteiger partial charge >= 0.3 is 5.97 Å². The molecule has 1 aromatic carbocycles. The summed E-state index contributed by atoms with van der Waals surface area (Å²) in [6, 6.07) is 3.88. The van der Waals surface area contributed by atoms with E-state index in [2.05, 4.69) is 5.32 Å². The molecule has 0 unspecified atom stereocenters. The molecular formula is C21H33N5O6S2. The van der Waals surface area contributed by atoms with Gasteiger partial charge in [-0.15, -0.1) is 0 Å². The van der Waals surface area contributed by atoms with Gasteiger partial charge in [0.05, 0.1) is 24.2 Å². The van der Waals surface area contributed by atoms with Crippen molar-refractivity contribution in [2.45, 2.75) is 42.7 Å². The van der Waals surface area contributed by atoms with E-state index in [1.165, 1.54) is 23.5 Å². The molecule has 2 rings (SSSR count). The van der Waals surface area contributed by atoms with E-state index in [1.807, 2.05) is 0 Å². The molecule has 1 amide bonds. The van der Waals surface area contributed by atoms with Crippen LogP contribution in [0.25, 0.3) is 0 Å². The van der Waals surface area contributed by atoms with Gasteiger partial charge in [0.15, 0.2) is 5.11 Å². The number of thiocarbonyl (C=S) groups is 1. The molecule has 1 fully saturated rings. The minimum Gasteiger partial charge on any atom is -0.480 e. The Morgan fingerprint density at radius 2 is 1.85 bits per heavy atom. The lowest BCUT2D eigenvalue weighted by molar-refractivity contribution is -0.147. The van der Waals surface area contributed by atoms with Gasteiger partial charge in [-0.2, -0.15) is 4.31 Å². The standard InChI is InChI=1S/C21H33N5O6S2/c1-24-21(33)26(18(20(28)29)4-2-3-9-22)19(27)17(23)14-15-5-7-16(8-6-15)34(30,31)25-10-12-32-13-11-25/h5-8,17-18H,2-4,9-14,22-23H2,1H3,(H,24,33)(H,28,29)/t17-,18-/m0/s1. The van der Waals surface area contributed by atoms with Crippen LogP contribution in [0.4, 0.5) is 0 Å². The van der Waals surface area contributed by atoms with E-state index < -0.39 is 34.0 Å².